The summed E-state index contributed by atoms with van der Waals surface area (Å²) in [5.41, 5.74) is 0.998. The molecule has 0 fully saturated rings. The number of hydrogen-bond acceptors (Lipinski definition) is 2. The molecule has 1 rings (SSSR count). The van der Waals surface area contributed by atoms with Gasteiger partial charge in [-0.25, -0.2) is 4.79 Å². The monoisotopic (exact) mass is 328 g/mol. The van der Waals surface area contributed by atoms with Gasteiger partial charge in [0.05, 0.1) is 5.92 Å². The van der Waals surface area contributed by atoms with Crippen LogP contribution < -0.4 is 5.32 Å². The molecule has 1 aromatic rings. The van der Waals surface area contributed by atoms with Gasteiger partial charge in [-0.05, 0) is 17.7 Å². The van der Waals surface area contributed by atoms with Crippen molar-refractivity contribution >= 4 is 27.9 Å². The fraction of sp³-hybridized carbons (Fsp3) is 0.385. The topological polar surface area (TPSA) is 69.6 Å². The number of carbonyl (C=O) groups is 2. The highest BCUT2D eigenvalue weighted by molar-refractivity contribution is 9.10. The van der Waals surface area contributed by atoms with Gasteiger partial charge in [0.25, 0.3) is 0 Å². The number of rotatable bonds is 5. The van der Waals surface area contributed by atoms with E-state index in [4.69, 9.17) is 5.11 Å². The number of nitrogens with zero attached hydrogens (tertiary/aromatic N) is 1. The number of urea groups is 1. The Morgan fingerprint density at radius 3 is 2.74 bits per heavy atom. The van der Waals surface area contributed by atoms with Gasteiger partial charge in [-0.2, -0.15) is 0 Å². The molecule has 0 spiro atoms. The molecule has 0 saturated carbocycles. The van der Waals surface area contributed by atoms with Crippen molar-refractivity contribution in [1.82, 2.24) is 10.2 Å². The zero-order valence-corrected chi connectivity index (χ0v) is 12.5. The van der Waals surface area contributed by atoms with Crippen molar-refractivity contribution in [2.24, 2.45) is 5.92 Å². The Balaban J connectivity index is 2.47. The number of amides is 2. The van der Waals surface area contributed by atoms with Crippen LogP contribution in [-0.2, 0) is 11.3 Å². The lowest BCUT2D eigenvalue weighted by atomic mass is 10.2. The fourth-order valence-corrected chi connectivity index (χ4v) is 1.89. The lowest BCUT2D eigenvalue weighted by Crippen LogP contribution is -2.40. The average molecular weight is 329 g/mol. The van der Waals surface area contributed by atoms with Crippen LogP contribution in [0.15, 0.2) is 28.7 Å². The SMILES string of the molecule is CC(CNC(=O)N(C)Cc1cccc(Br)c1)C(=O)O. The molecule has 5 nitrogen and oxygen atoms in total. The summed E-state index contributed by atoms with van der Waals surface area (Å²) in [5, 5.41) is 11.3. The number of benzene rings is 1. The number of hydrogen-bond donors (Lipinski definition) is 2. The Kier molecular flexibility index (Phi) is 5.82. The van der Waals surface area contributed by atoms with Crippen molar-refractivity contribution in [3.8, 4) is 0 Å². The molecular formula is C13H17BrN2O3. The van der Waals surface area contributed by atoms with Crippen LogP contribution in [0.1, 0.15) is 12.5 Å². The largest absolute Gasteiger partial charge is 0.481 e. The molecule has 0 aromatic heterocycles. The van der Waals surface area contributed by atoms with Crippen molar-refractivity contribution in [2.45, 2.75) is 13.5 Å². The van der Waals surface area contributed by atoms with E-state index in [-0.39, 0.29) is 12.6 Å². The third-order valence-corrected chi connectivity index (χ3v) is 3.13. The highest BCUT2D eigenvalue weighted by atomic mass is 79.9. The Bertz CT molecular complexity index is 465. The van der Waals surface area contributed by atoms with E-state index in [1.165, 1.54) is 4.90 Å². The number of carboxylic acid groups (broad SMARTS) is 1. The fourth-order valence-electron chi connectivity index (χ4n) is 1.44. The van der Waals surface area contributed by atoms with Crippen LogP contribution in [0.5, 0.6) is 0 Å². The van der Waals surface area contributed by atoms with E-state index < -0.39 is 11.9 Å². The molecule has 19 heavy (non-hydrogen) atoms. The van der Waals surface area contributed by atoms with Crippen LogP contribution in [0, 0.1) is 5.92 Å². The van der Waals surface area contributed by atoms with E-state index in [1.807, 2.05) is 24.3 Å². The van der Waals surface area contributed by atoms with Crippen molar-refractivity contribution in [2.75, 3.05) is 13.6 Å². The van der Waals surface area contributed by atoms with Crippen molar-refractivity contribution in [3.63, 3.8) is 0 Å². The average Bonchev–Trinajstić information content (AvgIpc) is 2.35. The van der Waals surface area contributed by atoms with Gasteiger partial charge >= 0.3 is 12.0 Å². The van der Waals surface area contributed by atoms with Gasteiger partial charge in [-0.1, -0.05) is 35.0 Å². The van der Waals surface area contributed by atoms with E-state index >= 15 is 0 Å². The third kappa shape index (κ3) is 5.30. The summed E-state index contributed by atoms with van der Waals surface area (Å²) in [6.07, 6.45) is 0. The maximum absolute atomic E-state index is 11.8. The second-order valence-corrected chi connectivity index (χ2v) is 5.33. The predicted molar refractivity (Wildman–Crippen MR) is 75.8 cm³/mol. The minimum absolute atomic E-state index is 0.122. The summed E-state index contributed by atoms with van der Waals surface area (Å²) in [5.74, 6) is -1.52. The van der Waals surface area contributed by atoms with Crippen LogP contribution in [0.25, 0.3) is 0 Å². The van der Waals surface area contributed by atoms with Gasteiger partial charge in [0.15, 0.2) is 0 Å². The van der Waals surface area contributed by atoms with E-state index in [0.717, 1.165) is 10.0 Å². The Morgan fingerprint density at radius 1 is 1.47 bits per heavy atom. The standard InChI is InChI=1S/C13H17BrN2O3/c1-9(12(17)18)7-15-13(19)16(2)8-10-4-3-5-11(14)6-10/h3-6,9H,7-8H2,1-2H3,(H,15,19)(H,17,18). The molecule has 0 radical (unpaired) electrons. The summed E-state index contributed by atoms with van der Waals surface area (Å²) in [6, 6.07) is 7.39. The lowest BCUT2D eigenvalue weighted by Gasteiger charge is -2.19. The smallest absolute Gasteiger partial charge is 0.317 e. The molecule has 2 N–H and O–H groups in total. The summed E-state index contributed by atoms with van der Waals surface area (Å²) in [4.78, 5) is 23.9. The number of carbonyl (C=O) groups excluding carboxylic acids is 1. The molecule has 0 bridgehead atoms. The molecule has 6 heteroatoms. The highest BCUT2D eigenvalue weighted by Crippen LogP contribution is 2.12. The van der Waals surface area contributed by atoms with Gasteiger partial charge in [0, 0.05) is 24.6 Å². The number of carboxylic acids is 1. The van der Waals surface area contributed by atoms with Crippen LogP contribution in [0.3, 0.4) is 0 Å². The van der Waals surface area contributed by atoms with Crippen molar-refractivity contribution in [3.05, 3.63) is 34.3 Å². The molecular weight excluding hydrogens is 312 g/mol. The minimum Gasteiger partial charge on any atom is -0.481 e. The number of nitrogens with one attached hydrogen (secondary N) is 1. The highest BCUT2D eigenvalue weighted by Gasteiger charge is 2.14. The molecule has 0 saturated heterocycles. The minimum atomic E-state index is -0.921. The van der Waals surface area contributed by atoms with Gasteiger partial charge in [0.1, 0.15) is 0 Å². The molecule has 0 aliphatic heterocycles. The Morgan fingerprint density at radius 2 is 2.16 bits per heavy atom. The van der Waals surface area contributed by atoms with Gasteiger partial charge < -0.3 is 15.3 Å². The maximum Gasteiger partial charge on any atom is 0.317 e. The Hall–Kier alpha value is -1.56. The first kappa shape index (κ1) is 15.5. The summed E-state index contributed by atoms with van der Waals surface area (Å²) < 4.78 is 0.957. The normalized spacial score (nSPS) is 11.7. The molecule has 0 aliphatic rings. The van der Waals surface area contributed by atoms with Gasteiger partial charge in [-0.3, -0.25) is 4.79 Å². The maximum atomic E-state index is 11.8. The molecule has 2 amide bonds. The first-order valence-corrected chi connectivity index (χ1v) is 6.65. The van der Waals surface area contributed by atoms with Crippen LogP contribution in [-0.4, -0.2) is 35.6 Å². The number of aliphatic carboxylic acids is 1. The molecule has 0 heterocycles. The van der Waals surface area contributed by atoms with E-state index in [9.17, 15) is 9.59 Å². The molecule has 1 aromatic carbocycles. The third-order valence-electron chi connectivity index (χ3n) is 2.64. The first-order chi connectivity index (χ1) is 8.90. The van der Waals surface area contributed by atoms with Crippen LogP contribution in [0.2, 0.25) is 0 Å². The number of halogens is 1. The summed E-state index contributed by atoms with van der Waals surface area (Å²) in [7, 11) is 1.67. The molecule has 0 aliphatic carbocycles. The van der Waals surface area contributed by atoms with E-state index in [0.29, 0.717) is 6.54 Å². The predicted octanol–water partition coefficient (Wildman–Crippen LogP) is 2.31. The van der Waals surface area contributed by atoms with Crippen molar-refractivity contribution in [1.29, 1.82) is 0 Å². The summed E-state index contributed by atoms with van der Waals surface area (Å²) in [6.45, 7) is 2.14. The summed E-state index contributed by atoms with van der Waals surface area (Å²) >= 11 is 3.37. The molecule has 104 valence electrons. The van der Waals surface area contributed by atoms with E-state index in [1.54, 1.807) is 14.0 Å². The van der Waals surface area contributed by atoms with Gasteiger partial charge in [0.2, 0.25) is 0 Å². The zero-order valence-electron chi connectivity index (χ0n) is 10.9. The second-order valence-electron chi connectivity index (χ2n) is 4.41. The van der Waals surface area contributed by atoms with Crippen molar-refractivity contribution < 1.29 is 14.7 Å². The van der Waals surface area contributed by atoms with E-state index in [2.05, 4.69) is 21.2 Å². The first-order valence-electron chi connectivity index (χ1n) is 5.86. The lowest BCUT2D eigenvalue weighted by molar-refractivity contribution is -0.140. The molecule has 1 unspecified atom stereocenters. The zero-order chi connectivity index (χ0) is 14.4. The molecule has 1 atom stereocenters. The van der Waals surface area contributed by atoms with Crippen LogP contribution in [0.4, 0.5) is 4.79 Å². The van der Waals surface area contributed by atoms with Crippen LogP contribution >= 0.6 is 15.9 Å². The second kappa shape index (κ2) is 7.13. The quantitative estimate of drug-likeness (QED) is 0.871. The Labute approximate surface area is 120 Å². The van der Waals surface area contributed by atoms with Gasteiger partial charge in [-0.15, -0.1) is 0 Å².